The van der Waals surface area contributed by atoms with E-state index in [9.17, 15) is 14.0 Å². The maximum absolute atomic E-state index is 14.1. The number of hydrogen-bond acceptors (Lipinski definition) is 7. The average molecular weight is 411 g/mol. The number of carbonyl (C=O) groups excluding carboxylic acids is 2. The summed E-state index contributed by atoms with van der Waals surface area (Å²) in [6, 6.07) is 9.05. The van der Waals surface area contributed by atoms with Crippen molar-refractivity contribution in [1.29, 1.82) is 0 Å². The van der Waals surface area contributed by atoms with Gasteiger partial charge in [-0.25, -0.2) is 4.39 Å². The van der Waals surface area contributed by atoms with Gasteiger partial charge >= 0.3 is 0 Å². The summed E-state index contributed by atoms with van der Waals surface area (Å²) in [7, 11) is 0. The quantitative estimate of drug-likeness (QED) is 0.621. The lowest BCUT2D eigenvalue weighted by molar-refractivity contribution is -0.116. The van der Waals surface area contributed by atoms with Gasteiger partial charge < -0.3 is 14.8 Å². The zero-order valence-electron chi connectivity index (χ0n) is 16.1. The van der Waals surface area contributed by atoms with Gasteiger partial charge in [0.2, 0.25) is 5.91 Å². The van der Waals surface area contributed by atoms with Gasteiger partial charge in [0.1, 0.15) is 19.0 Å². The predicted molar refractivity (Wildman–Crippen MR) is 103 cm³/mol. The summed E-state index contributed by atoms with van der Waals surface area (Å²) in [5.41, 5.74) is 0.912. The molecule has 1 amide bonds. The molecule has 1 N–H and O–H groups in total. The SMILES string of the molecule is Cc1nnnn1-c1ccc(F)c(NC(=O)CCC(=O)c2ccc3c(c2)OCCO3)c1. The van der Waals surface area contributed by atoms with Crippen LogP contribution in [0.2, 0.25) is 0 Å². The molecular formula is C20H18FN5O4. The van der Waals surface area contributed by atoms with Crippen molar-refractivity contribution in [2.75, 3.05) is 18.5 Å². The van der Waals surface area contributed by atoms with E-state index in [-0.39, 0.29) is 24.3 Å². The van der Waals surface area contributed by atoms with Crippen LogP contribution in [0.1, 0.15) is 29.0 Å². The van der Waals surface area contributed by atoms with Crippen LogP contribution in [0, 0.1) is 12.7 Å². The summed E-state index contributed by atoms with van der Waals surface area (Å²) in [5, 5.41) is 13.6. The molecule has 30 heavy (non-hydrogen) atoms. The van der Waals surface area contributed by atoms with Gasteiger partial charge in [-0.1, -0.05) is 0 Å². The number of benzene rings is 2. The molecule has 0 bridgehead atoms. The molecule has 0 saturated carbocycles. The number of nitrogens with one attached hydrogen (secondary N) is 1. The Bertz CT molecular complexity index is 1110. The third kappa shape index (κ3) is 4.12. The summed E-state index contributed by atoms with van der Waals surface area (Å²) < 4.78 is 26.4. The number of anilines is 1. The molecule has 2 aromatic carbocycles. The second kappa shape index (κ2) is 8.27. The van der Waals surface area contributed by atoms with Crippen molar-refractivity contribution in [2.24, 2.45) is 0 Å². The zero-order chi connectivity index (χ0) is 21.1. The largest absolute Gasteiger partial charge is 0.486 e. The fourth-order valence-electron chi connectivity index (χ4n) is 3.01. The van der Waals surface area contributed by atoms with Crippen LogP contribution in [-0.4, -0.2) is 45.1 Å². The van der Waals surface area contributed by atoms with Gasteiger partial charge in [-0.05, 0) is 53.7 Å². The molecular weight excluding hydrogens is 393 g/mol. The van der Waals surface area contributed by atoms with Crippen molar-refractivity contribution >= 4 is 17.4 Å². The molecule has 0 fully saturated rings. The number of Topliss-reactive ketones (excluding diaryl/α,β-unsaturated/α-hetero) is 1. The first-order valence-corrected chi connectivity index (χ1v) is 9.29. The van der Waals surface area contributed by atoms with E-state index >= 15 is 0 Å². The number of aryl methyl sites for hydroxylation is 1. The van der Waals surface area contributed by atoms with Crippen molar-refractivity contribution in [2.45, 2.75) is 19.8 Å². The van der Waals surface area contributed by atoms with Gasteiger partial charge in [0.25, 0.3) is 0 Å². The molecule has 154 valence electrons. The number of hydrogen-bond donors (Lipinski definition) is 1. The number of rotatable bonds is 6. The van der Waals surface area contributed by atoms with Crippen LogP contribution in [0.3, 0.4) is 0 Å². The van der Waals surface area contributed by atoms with Gasteiger partial charge in [-0.3, -0.25) is 9.59 Å². The van der Waals surface area contributed by atoms with Crippen LogP contribution in [0.4, 0.5) is 10.1 Å². The van der Waals surface area contributed by atoms with Crippen molar-refractivity contribution in [3.05, 3.63) is 53.6 Å². The lowest BCUT2D eigenvalue weighted by Gasteiger charge is -2.18. The highest BCUT2D eigenvalue weighted by atomic mass is 19.1. The zero-order valence-corrected chi connectivity index (χ0v) is 16.1. The first-order valence-electron chi connectivity index (χ1n) is 9.29. The molecule has 1 aromatic heterocycles. The number of halogens is 1. The Morgan fingerprint density at radius 2 is 1.90 bits per heavy atom. The summed E-state index contributed by atoms with van der Waals surface area (Å²) in [6.07, 6.45) is -0.125. The smallest absolute Gasteiger partial charge is 0.224 e. The van der Waals surface area contributed by atoms with Crippen LogP contribution in [-0.2, 0) is 4.79 Å². The highest BCUT2D eigenvalue weighted by Gasteiger charge is 2.17. The number of carbonyl (C=O) groups is 2. The van der Waals surface area contributed by atoms with Crippen LogP contribution in [0.5, 0.6) is 11.5 Å². The maximum atomic E-state index is 14.1. The van der Waals surface area contributed by atoms with Gasteiger partial charge in [0.15, 0.2) is 23.1 Å². The standard InChI is InChI=1S/C20H18FN5O4/c1-12-23-24-25-26(12)14-3-4-15(21)16(11-14)22-20(28)7-5-17(27)13-2-6-18-19(10-13)30-9-8-29-18/h2-4,6,10-11H,5,7-9H2,1H3,(H,22,28). The molecule has 9 nitrogen and oxygen atoms in total. The Morgan fingerprint density at radius 1 is 1.10 bits per heavy atom. The van der Waals surface area contributed by atoms with E-state index in [0.29, 0.717) is 41.8 Å². The molecule has 1 aliphatic rings. The van der Waals surface area contributed by atoms with E-state index in [2.05, 4.69) is 20.8 Å². The second-order valence-corrected chi connectivity index (χ2v) is 6.63. The van der Waals surface area contributed by atoms with E-state index < -0.39 is 11.7 Å². The first kappa shape index (κ1) is 19.5. The molecule has 0 aliphatic carbocycles. The van der Waals surface area contributed by atoms with Crippen molar-refractivity contribution in [1.82, 2.24) is 20.2 Å². The Morgan fingerprint density at radius 3 is 2.67 bits per heavy atom. The molecule has 3 aromatic rings. The minimum absolute atomic E-state index is 0.0146. The normalized spacial score (nSPS) is 12.5. The van der Waals surface area contributed by atoms with Crippen LogP contribution >= 0.6 is 0 Å². The fraction of sp³-hybridized carbons (Fsp3) is 0.250. The molecule has 10 heteroatoms. The van der Waals surface area contributed by atoms with Crippen LogP contribution < -0.4 is 14.8 Å². The van der Waals surface area contributed by atoms with E-state index in [4.69, 9.17) is 9.47 Å². The van der Waals surface area contributed by atoms with Crippen molar-refractivity contribution in [3.8, 4) is 17.2 Å². The number of nitrogens with zero attached hydrogens (tertiary/aromatic N) is 4. The second-order valence-electron chi connectivity index (χ2n) is 6.63. The molecule has 0 atom stereocenters. The Kier molecular flexibility index (Phi) is 5.38. The summed E-state index contributed by atoms with van der Waals surface area (Å²) in [6.45, 7) is 2.58. The molecule has 1 aliphatic heterocycles. The average Bonchev–Trinajstić information content (AvgIpc) is 3.19. The Hall–Kier alpha value is -3.82. The lowest BCUT2D eigenvalue weighted by Crippen LogP contribution is -2.16. The minimum Gasteiger partial charge on any atom is -0.486 e. The fourth-order valence-corrected chi connectivity index (χ4v) is 3.01. The number of ether oxygens (including phenoxy) is 2. The van der Waals surface area contributed by atoms with Crippen molar-refractivity contribution in [3.63, 3.8) is 0 Å². The van der Waals surface area contributed by atoms with Gasteiger partial charge in [0, 0.05) is 18.4 Å². The Balaban J connectivity index is 1.39. The van der Waals surface area contributed by atoms with Crippen molar-refractivity contribution < 1.29 is 23.5 Å². The third-order valence-corrected chi connectivity index (χ3v) is 4.54. The Labute approximate surface area is 170 Å². The molecule has 0 spiro atoms. The van der Waals surface area contributed by atoms with Crippen LogP contribution in [0.15, 0.2) is 36.4 Å². The van der Waals surface area contributed by atoms with E-state index in [0.717, 1.165) is 0 Å². The summed E-state index contributed by atoms with van der Waals surface area (Å²) in [4.78, 5) is 24.7. The molecule has 4 rings (SSSR count). The van der Waals surface area contributed by atoms with E-state index in [1.165, 1.54) is 22.9 Å². The highest BCUT2D eigenvalue weighted by Crippen LogP contribution is 2.31. The number of ketones is 1. The first-order chi connectivity index (χ1) is 14.5. The highest BCUT2D eigenvalue weighted by molar-refractivity contribution is 6.00. The third-order valence-electron chi connectivity index (χ3n) is 4.54. The molecule has 2 heterocycles. The topological polar surface area (TPSA) is 108 Å². The van der Waals surface area contributed by atoms with Crippen LogP contribution in [0.25, 0.3) is 5.69 Å². The monoisotopic (exact) mass is 411 g/mol. The van der Waals surface area contributed by atoms with Gasteiger partial charge in [-0.15, -0.1) is 5.10 Å². The molecule has 0 radical (unpaired) electrons. The lowest BCUT2D eigenvalue weighted by atomic mass is 10.1. The molecule has 0 unspecified atom stereocenters. The van der Waals surface area contributed by atoms with E-state index in [1.807, 2.05) is 0 Å². The molecule has 0 saturated heterocycles. The number of fused-ring (bicyclic) bond motifs is 1. The van der Waals surface area contributed by atoms with E-state index in [1.54, 1.807) is 25.1 Å². The number of aromatic nitrogens is 4. The van der Waals surface area contributed by atoms with Gasteiger partial charge in [0.05, 0.1) is 11.4 Å². The van der Waals surface area contributed by atoms with Gasteiger partial charge in [-0.2, -0.15) is 4.68 Å². The number of amides is 1. The predicted octanol–water partition coefficient (Wildman–Crippen LogP) is 2.48. The summed E-state index contributed by atoms with van der Waals surface area (Å²) >= 11 is 0. The minimum atomic E-state index is -0.601. The maximum Gasteiger partial charge on any atom is 0.224 e. The summed E-state index contributed by atoms with van der Waals surface area (Å²) in [5.74, 6) is 0.308. The number of tetrazole rings is 1.